The maximum absolute atomic E-state index is 14.0. The van der Waals surface area contributed by atoms with E-state index in [0.717, 1.165) is 49.7 Å². The quantitative estimate of drug-likeness (QED) is 0.723. The first-order chi connectivity index (χ1) is 16.0. The van der Waals surface area contributed by atoms with Gasteiger partial charge in [-0.2, -0.15) is 0 Å². The van der Waals surface area contributed by atoms with E-state index in [9.17, 15) is 14.0 Å². The summed E-state index contributed by atoms with van der Waals surface area (Å²) in [6, 6.07) is 17.0. The third-order valence-corrected chi connectivity index (χ3v) is 8.52. The smallest absolute Gasteiger partial charge is 0.233 e. The minimum absolute atomic E-state index is 0.0844. The first kappa shape index (κ1) is 22.1. The lowest BCUT2D eigenvalue weighted by Gasteiger charge is -2.50. The minimum atomic E-state index is -0.412. The van der Waals surface area contributed by atoms with Gasteiger partial charge >= 0.3 is 0 Å². The van der Waals surface area contributed by atoms with Gasteiger partial charge in [0.05, 0.1) is 5.41 Å². The van der Waals surface area contributed by atoms with Crippen molar-refractivity contribution in [2.45, 2.75) is 62.7 Å². The molecule has 2 aromatic rings. The van der Waals surface area contributed by atoms with Crippen molar-refractivity contribution in [1.29, 1.82) is 0 Å². The molecule has 1 aliphatic carbocycles. The van der Waals surface area contributed by atoms with Crippen molar-refractivity contribution >= 4 is 11.8 Å². The van der Waals surface area contributed by atoms with Crippen molar-refractivity contribution < 1.29 is 14.0 Å². The molecule has 3 fully saturated rings. The number of nitrogens with zero attached hydrogens (tertiary/aromatic N) is 1. The van der Waals surface area contributed by atoms with Crippen LogP contribution >= 0.6 is 0 Å². The normalized spacial score (nSPS) is 24.3. The van der Waals surface area contributed by atoms with Gasteiger partial charge in [0.1, 0.15) is 5.82 Å². The summed E-state index contributed by atoms with van der Waals surface area (Å²) in [6.45, 7) is 1.93. The maximum Gasteiger partial charge on any atom is 0.233 e. The van der Waals surface area contributed by atoms with Gasteiger partial charge in [-0.15, -0.1) is 0 Å². The fourth-order valence-corrected chi connectivity index (χ4v) is 6.63. The molecule has 3 aliphatic rings. The van der Waals surface area contributed by atoms with Crippen LogP contribution in [0.1, 0.15) is 68.4 Å². The average molecular weight is 449 g/mol. The number of nitrogens with one attached hydrogen (secondary N) is 1. The number of amides is 2. The number of hydrogen-bond acceptors (Lipinski definition) is 2. The second kappa shape index (κ2) is 8.92. The summed E-state index contributed by atoms with van der Waals surface area (Å²) in [4.78, 5) is 28.5. The van der Waals surface area contributed by atoms with Gasteiger partial charge in [0.15, 0.2) is 0 Å². The lowest BCUT2D eigenvalue weighted by molar-refractivity contribution is -0.142. The molecule has 0 bridgehead atoms. The van der Waals surface area contributed by atoms with E-state index in [4.69, 9.17) is 0 Å². The Hall–Kier alpha value is -2.69. The van der Waals surface area contributed by atoms with E-state index in [0.29, 0.717) is 26.1 Å². The first-order valence-corrected chi connectivity index (χ1v) is 12.4. The monoisotopic (exact) mass is 448 g/mol. The highest BCUT2D eigenvalue weighted by Crippen LogP contribution is 2.50. The standard InChI is InChI=1S/C28H33FN2O2/c29-23-11-9-21(10-12-23)24-20-30-25(32)19-27(24)15-17-31(18-16-27)26(33)28(13-5-2-6-14-28)22-7-3-1-4-8-22/h1,3-4,7-12,24H,2,5-6,13-20H2,(H,30,32)/t24-/m0/s1. The summed E-state index contributed by atoms with van der Waals surface area (Å²) < 4.78 is 13.5. The van der Waals surface area contributed by atoms with Gasteiger partial charge in [0.25, 0.3) is 0 Å². The maximum atomic E-state index is 14.0. The van der Waals surface area contributed by atoms with Crippen LogP contribution < -0.4 is 5.32 Å². The van der Waals surface area contributed by atoms with Gasteiger partial charge in [0.2, 0.25) is 11.8 Å². The summed E-state index contributed by atoms with van der Waals surface area (Å²) in [7, 11) is 0. The first-order valence-electron chi connectivity index (χ1n) is 12.4. The van der Waals surface area contributed by atoms with Crippen molar-refractivity contribution in [3.63, 3.8) is 0 Å². The molecule has 33 heavy (non-hydrogen) atoms. The molecule has 1 N–H and O–H groups in total. The molecule has 1 saturated carbocycles. The molecule has 174 valence electrons. The van der Waals surface area contributed by atoms with Crippen LogP contribution in [-0.4, -0.2) is 36.3 Å². The molecule has 5 heteroatoms. The molecular weight excluding hydrogens is 415 g/mol. The Morgan fingerprint density at radius 3 is 2.24 bits per heavy atom. The number of piperidine rings is 2. The molecule has 0 aromatic heterocycles. The highest BCUT2D eigenvalue weighted by Gasteiger charge is 2.49. The predicted molar refractivity (Wildman–Crippen MR) is 126 cm³/mol. The Labute approximate surface area is 195 Å². The molecule has 4 nitrogen and oxygen atoms in total. The Bertz CT molecular complexity index is 990. The zero-order valence-corrected chi connectivity index (χ0v) is 19.2. The van der Waals surface area contributed by atoms with Gasteiger partial charge in [-0.05, 0) is 54.4 Å². The minimum Gasteiger partial charge on any atom is -0.355 e. The number of carbonyl (C=O) groups excluding carboxylic acids is 2. The largest absolute Gasteiger partial charge is 0.355 e. The van der Waals surface area contributed by atoms with E-state index in [-0.39, 0.29) is 29.0 Å². The second-order valence-electron chi connectivity index (χ2n) is 10.2. The van der Waals surface area contributed by atoms with Crippen LogP contribution in [0.25, 0.3) is 0 Å². The Morgan fingerprint density at radius 1 is 0.909 bits per heavy atom. The Morgan fingerprint density at radius 2 is 1.58 bits per heavy atom. The second-order valence-corrected chi connectivity index (χ2v) is 10.2. The van der Waals surface area contributed by atoms with Gasteiger partial charge < -0.3 is 10.2 Å². The zero-order valence-electron chi connectivity index (χ0n) is 19.2. The molecular formula is C28H33FN2O2. The predicted octanol–water partition coefficient (Wildman–Crippen LogP) is 4.94. The molecule has 2 aliphatic heterocycles. The van der Waals surface area contributed by atoms with Gasteiger partial charge in [-0.25, -0.2) is 4.39 Å². The third-order valence-electron chi connectivity index (χ3n) is 8.52. The molecule has 2 heterocycles. The number of benzene rings is 2. The van der Waals surface area contributed by atoms with E-state index < -0.39 is 5.41 Å². The van der Waals surface area contributed by atoms with Crippen LogP contribution in [0.5, 0.6) is 0 Å². The molecule has 2 aromatic carbocycles. The SMILES string of the molecule is O=C1CC2(CCN(C(=O)C3(c4ccccc4)CCCCC3)CC2)[C@H](c2ccc(F)cc2)CN1. The van der Waals surface area contributed by atoms with Crippen LogP contribution in [-0.2, 0) is 15.0 Å². The van der Waals surface area contributed by atoms with Crippen LogP contribution in [0.4, 0.5) is 4.39 Å². The van der Waals surface area contributed by atoms with Crippen molar-refractivity contribution in [2.24, 2.45) is 5.41 Å². The fraction of sp³-hybridized carbons (Fsp3) is 0.500. The molecule has 2 saturated heterocycles. The van der Waals surface area contributed by atoms with E-state index in [1.165, 1.54) is 18.6 Å². The van der Waals surface area contributed by atoms with Crippen LogP contribution in [0.15, 0.2) is 54.6 Å². The van der Waals surface area contributed by atoms with E-state index in [1.54, 1.807) is 0 Å². The lowest BCUT2D eigenvalue weighted by Crippen LogP contribution is -2.56. The molecule has 2 amide bonds. The van der Waals surface area contributed by atoms with Crippen molar-refractivity contribution in [3.05, 3.63) is 71.5 Å². The van der Waals surface area contributed by atoms with Crippen molar-refractivity contribution in [2.75, 3.05) is 19.6 Å². The fourth-order valence-electron chi connectivity index (χ4n) is 6.63. The van der Waals surface area contributed by atoms with Crippen molar-refractivity contribution in [1.82, 2.24) is 10.2 Å². The highest BCUT2D eigenvalue weighted by atomic mass is 19.1. The summed E-state index contributed by atoms with van der Waals surface area (Å²) in [6.07, 6.45) is 7.28. The number of likely N-dealkylation sites (tertiary alicyclic amines) is 1. The summed E-state index contributed by atoms with van der Waals surface area (Å²) in [5.41, 5.74) is 1.63. The lowest BCUT2D eigenvalue weighted by atomic mass is 9.62. The average Bonchev–Trinajstić information content (AvgIpc) is 2.86. The molecule has 0 unspecified atom stereocenters. The van der Waals surface area contributed by atoms with E-state index in [1.807, 2.05) is 30.3 Å². The molecule has 1 atom stereocenters. The van der Waals surface area contributed by atoms with Gasteiger partial charge in [0, 0.05) is 32.0 Å². The third kappa shape index (κ3) is 4.07. The van der Waals surface area contributed by atoms with E-state index >= 15 is 0 Å². The molecule has 0 radical (unpaired) electrons. The molecule has 5 rings (SSSR count). The number of rotatable bonds is 3. The highest BCUT2D eigenvalue weighted by molar-refractivity contribution is 5.88. The summed E-state index contributed by atoms with van der Waals surface area (Å²) >= 11 is 0. The Kier molecular flexibility index (Phi) is 5.98. The van der Waals surface area contributed by atoms with Crippen LogP contribution in [0.3, 0.4) is 0 Å². The van der Waals surface area contributed by atoms with Crippen LogP contribution in [0, 0.1) is 11.2 Å². The van der Waals surface area contributed by atoms with Crippen LogP contribution in [0.2, 0.25) is 0 Å². The summed E-state index contributed by atoms with van der Waals surface area (Å²) in [5, 5.41) is 3.02. The summed E-state index contributed by atoms with van der Waals surface area (Å²) in [5.74, 6) is 0.251. The topological polar surface area (TPSA) is 49.4 Å². The van der Waals surface area contributed by atoms with Crippen molar-refractivity contribution in [3.8, 4) is 0 Å². The zero-order chi connectivity index (χ0) is 22.9. The number of carbonyl (C=O) groups is 2. The van der Waals surface area contributed by atoms with Gasteiger partial charge in [-0.3, -0.25) is 9.59 Å². The molecule has 1 spiro atoms. The van der Waals surface area contributed by atoms with E-state index in [2.05, 4.69) is 22.3 Å². The number of hydrogen-bond donors (Lipinski definition) is 1. The Balaban J connectivity index is 1.38. The number of halogens is 1. The van der Waals surface area contributed by atoms with Gasteiger partial charge in [-0.1, -0.05) is 61.7 Å².